The molecule has 10 nitrogen and oxygen atoms in total. The van der Waals surface area contributed by atoms with Crippen molar-refractivity contribution in [2.45, 2.75) is 19.9 Å². The summed E-state index contributed by atoms with van der Waals surface area (Å²) in [5, 5.41) is 24.0. The molecule has 0 fully saturated rings. The highest BCUT2D eigenvalue weighted by Gasteiger charge is 2.26. The molecule has 3 aromatic rings. The van der Waals surface area contributed by atoms with Gasteiger partial charge in [0.05, 0.1) is 17.8 Å². The third-order valence-corrected chi connectivity index (χ3v) is 4.67. The molecule has 0 aliphatic carbocycles. The monoisotopic (exact) mass is 423 g/mol. The first kappa shape index (κ1) is 21.4. The molecule has 0 radical (unpaired) electrons. The standard InChI is InChI=1S/C20H18FN7O3/c1-10-14(18(29)20(31)24-11(2)16-8-23-27-26-16)9-28(3)17(10)19(30)25-13-4-5-15(21)12(6-13)7-22/h4-6,8-9,11H,1-3H3,(H,24,31)(H,25,30)(H,23,26,27)/t11-/m1/s1. The number of hydrogen-bond acceptors (Lipinski definition) is 6. The number of aryl methyl sites for hydroxylation is 1. The van der Waals surface area contributed by atoms with Crippen molar-refractivity contribution >= 4 is 23.3 Å². The molecule has 0 saturated heterocycles. The number of anilines is 1. The number of Topliss-reactive ketones (excluding diaryl/α,β-unsaturated/α-hetero) is 1. The van der Waals surface area contributed by atoms with Gasteiger partial charge in [-0.2, -0.15) is 20.7 Å². The van der Waals surface area contributed by atoms with Crippen molar-refractivity contribution in [3.8, 4) is 6.07 Å². The third-order valence-electron chi connectivity index (χ3n) is 4.67. The van der Waals surface area contributed by atoms with Crippen LogP contribution in [0.15, 0.2) is 30.6 Å². The molecule has 3 rings (SSSR count). The average molecular weight is 423 g/mol. The number of benzene rings is 1. The van der Waals surface area contributed by atoms with Crippen molar-refractivity contribution in [1.82, 2.24) is 25.3 Å². The van der Waals surface area contributed by atoms with E-state index in [1.165, 1.54) is 29.1 Å². The van der Waals surface area contributed by atoms with Gasteiger partial charge in [-0.15, -0.1) is 0 Å². The maximum Gasteiger partial charge on any atom is 0.292 e. The van der Waals surface area contributed by atoms with Gasteiger partial charge in [0.1, 0.15) is 23.3 Å². The summed E-state index contributed by atoms with van der Waals surface area (Å²) < 4.78 is 14.9. The Morgan fingerprint density at radius 3 is 2.71 bits per heavy atom. The van der Waals surface area contributed by atoms with Gasteiger partial charge in [0.2, 0.25) is 0 Å². The number of aromatic amines is 1. The van der Waals surface area contributed by atoms with Crippen LogP contribution in [0.3, 0.4) is 0 Å². The molecule has 0 bridgehead atoms. The molecule has 2 aromatic heterocycles. The Bertz CT molecular complexity index is 1210. The minimum Gasteiger partial charge on any atom is -0.346 e. The quantitative estimate of drug-likeness (QED) is 0.407. The van der Waals surface area contributed by atoms with Crippen molar-refractivity contribution in [2.24, 2.45) is 7.05 Å². The van der Waals surface area contributed by atoms with E-state index in [2.05, 4.69) is 26.0 Å². The van der Waals surface area contributed by atoms with Crippen LogP contribution < -0.4 is 10.6 Å². The van der Waals surface area contributed by atoms with Crippen LogP contribution in [0.1, 0.15) is 50.6 Å². The maximum atomic E-state index is 13.5. The first-order chi connectivity index (χ1) is 14.7. The Morgan fingerprint density at radius 1 is 1.32 bits per heavy atom. The van der Waals surface area contributed by atoms with E-state index in [1.807, 2.05) is 0 Å². The molecule has 0 saturated carbocycles. The zero-order valence-corrected chi connectivity index (χ0v) is 16.9. The topological polar surface area (TPSA) is 146 Å². The fourth-order valence-electron chi connectivity index (χ4n) is 3.06. The molecule has 0 spiro atoms. The Morgan fingerprint density at radius 2 is 2.06 bits per heavy atom. The summed E-state index contributed by atoms with van der Waals surface area (Å²) in [5.74, 6) is -2.94. The molecule has 3 N–H and O–H groups in total. The number of nitrogens with one attached hydrogen (secondary N) is 3. The summed E-state index contributed by atoms with van der Waals surface area (Å²) in [6, 6.07) is 4.74. The number of hydrogen-bond donors (Lipinski definition) is 3. The van der Waals surface area contributed by atoms with E-state index in [1.54, 1.807) is 27.0 Å². The lowest BCUT2D eigenvalue weighted by Gasteiger charge is -2.10. The lowest BCUT2D eigenvalue weighted by Crippen LogP contribution is -2.33. The van der Waals surface area contributed by atoms with Crippen LogP contribution in [0.2, 0.25) is 0 Å². The van der Waals surface area contributed by atoms with Crippen molar-refractivity contribution < 1.29 is 18.8 Å². The largest absolute Gasteiger partial charge is 0.346 e. The molecule has 31 heavy (non-hydrogen) atoms. The highest BCUT2D eigenvalue weighted by atomic mass is 19.1. The minimum absolute atomic E-state index is 0.0642. The Labute approximate surface area is 176 Å². The van der Waals surface area contributed by atoms with Crippen molar-refractivity contribution in [1.29, 1.82) is 5.26 Å². The summed E-state index contributed by atoms with van der Waals surface area (Å²) in [6.45, 7) is 3.19. The van der Waals surface area contributed by atoms with Crippen LogP contribution in [-0.2, 0) is 11.8 Å². The van der Waals surface area contributed by atoms with Crippen LogP contribution in [0, 0.1) is 24.1 Å². The lowest BCUT2D eigenvalue weighted by molar-refractivity contribution is -0.117. The van der Waals surface area contributed by atoms with Crippen LogP contribution in [0.4, 0.5) is 10.1 Å². The number of carbonyl (C=O) groups excluding carboxylic acids is 3. The number of halogens is 1. The van der Waals surface area contributed by atoms with Crippen molar-refractivity contribution in [3.63, 3.8) is 0 Å². The van der Waals surface area contributed by atoms with Gasteiger partial charge >= 0.3 is 0 Å². The number of ketones is 1. The number of H-pyrrole nitrogens is 1. The van der Waals surface area contributed by atoms with Gasteiger partial charge in [-0.1, -0.05) is 0 Å². The Hall–Kier alpha value is -4.33. The second kappa shape index (κ2) is 8.58. The van der Waals surface area contributed by atoms with E-state index in [4.69, 9.17) is 5.26 Å². The van der Waals surface area contributed by atoms with E-state index in [0.717, 1.165) is 6.07 Å². The number of nitrogens with zero attached hydrogens (tertiary/aromatic N) is 4. The van der Waals surface area contributed by atoms with E-state index in [-0.39, 0.29) is 22.5 Å². The van der Waals surface area contributed by atoms with E-state index in [9.17, 15) is 18.8 Å². The fraction of sp³-hybridized carbons (Fsp3) is 0.200. The van der Waals surface area contributed by atoms with E-state index < -0.39 is 29.5 Å². The van der Waals surface area contributed by atoms with Crippen LogP contribution >= 0.6 is 0 Å². The molecular weight excluding hydrogens is 405 g/mol. The first-order valence-electron chi connectivity index (χ1n) is 9.10. The maximum absolute atomic E-state index is 13.5. The van der Waals surface area contributed by atoms with Gasteiger partial charge in [0, 0.05) is 24.5 Å². The number of amides is 2. The first-order valence-corrected chi connectivity index (χ1v) is 9.10. The van der Waals surface area contributed by atoms with Crippen LogP contribution in [0.5, 0.6) is 0 Å². The summed E-state index contributed by atoms with van der Waals surface area (Å²) >= 11 is 0. The summed E-state index contributed by atoms with van der Waals surface area (Å²) in [7, 11) is 1.56. The minimum atomic E-state index is -0.853. The summed E-state index contributed by atoms with van der Waals surface area (Å²) in [5.41, 5.74) is 0.975. The summed E-state index contributed by atoms with van der Waals surface area (Å²) in [6.07, 6.45) is 2.82. The van der Waals surface area contributed by atoms with Crippen LogP contribution in [-0.4, -0.2) is 37.6 Å². The molecule has 2 heterocycles. The average Bonchev–Trinajstić information content (AvgIpc) is 3.37. The molecule has 0 aliphatic rings. The molecule has 1 aromatic carbocycles. The Balaban J connectivity index is 1.79. The molecule has 0 aliphatic heterocycles. The predicted molar refractivity (Wildman–Crippen MR) is 106 cm³/mol. The number of carbonyl (C=O) groups is 3. The van der Waals surface area contributed by atoms with E-state index in [0.29, 0.717) is 11.3 Å². The second-order valence-corrected chi connectivity index (χ2v) is 6.81. The SMILES string of the molecule is Cc1c(C(=O)C(=O)N[C@H](C)c2cn[nH]n2)cn(C)c1C(=O)Nc1ccc(F)c(C#N)c1. The van der Waals surface area contributed by atoms with Gasteiger partial charge in [-0.05, 0) is 37.6 Å². The second-order valence-electron chi connectivity index (χ2n) is 6.81. The smallest absolute Gasteiger partial charge is 0.292 e. The lowest BCUT2D eigenvalue weighted by atomic mass is 10.1. The van der Waals surface area contributed by atoms with Gasteiger partial charge in [-0.25, -0.2) is 4.39 Å². The van der Waals surface area contributed by atoms with Crippen molar-refractivity contribution in [2.75, 3.05) is 5.32 Å². The zero-order chi connectivity index (χ0) is 22.7. The van der Waals surface area contributed by atoms with Gasteiger partial charge in [0.25, 0.3) is 17.6 Å². The van der Waals surface area contributed by atoms with Gasteiger partial charge in [0.15, 0.2) is 0 Å². The Kier molecular flexibility index (Phi) is 5.92. The molecule has 2 amide bonds. The molecular formula is C20H18FN7O3. The highest BCUT2D eigenvalue weighted by molar-refractivity contribution is 6.43. The van der Waals surface area contributed by atoms with Gasteiger partial charge < -0.3 is 15.2 Å². The zero-order valence-electron chi connectivity index (χ0n) is 16.9. The molecule has 1 atom stereocenters. The van der Waals surface area contributed by atoms with Crippen molar-refractivity contribution in [3.05, 3.63) is 64.5 Å². The summed E-state index contributed by atoms with van der Waals surface area (Å²) in [4.78, 5) is 37.8. The third kappa shape index (κ3) is 4.32. The number of nitriles is 1. The normalized spacial score (nSPS) is 11.5. The van der Waals surface area contributed by atoms with Gasteiger partial charge in [-0.3, -0.25) is 14.4 Å². The molecule has 158 valence electrons. The highest BCUT2D eigenvalue weighted by Crippen LogP contribution is 2.20. The fourth-order valence-corrected chi connectivity index (χ4v) is 3.06. The molecule has 0 unspecified atom stereocenters. The van der Waals surface area contributed by atoms with Crippen LogP contribution in [0.25, 0.3) is 0 Å². The predicted octanol–water partition coefficient (Wildman–Crippen LogP) is 1.77. The van der Waals surface area contributed by atoms with E-state index >= 15 is 0 Å². The molecule has 11 heteroatoms. The number of rotatable bonds is 6. The number of aromatic nitrogens is 4.